The number of amides is 2. The van der Waals surface area contributed by atoms with Crippen LogP contribution >= 0.6 is 0 Å². The Morgan fingerprint density at radius 1 is 1.77 bits per heavy atom. The quantitative estimate of drug-likeness (QED) is 0.444. The zero-order chi connectivity index (χ0) is 9.68. The summed E-state index contributed by atoms with van der Waals surface area (Å²) in [7, 11) is 0. The molecule has 1 heterocycles. The Labute approximate surface area is 77.1 Å². The summed E-state index contributed by atoms with van der Waals surface area (Å²) in [6, 6.07) is 0. The van der Waals surface area contributed by atoms with Crippen LogP contribution in [0.15, 0.2) is 0 Å². The maximum Gasteiger partial charge on any atom is 0.225 e. The smallest absolute Gasteiger partial charge is 0.225 e. The van der Waals surface area contributed by atoms with E-state index in [4.69, 9.17) is 6.42 Å². The first-order valence-corrected chi connectivity index (χ1v) is 4.22. The monoisotopic (exact) mass is 180 g/mol. The van der Waals surface area contributed by atoms with Crippen LogP contribution < -0.4 is 10.6 Å². The van der Waals surface area contributed by atoms with E-state index in [0.29, 0.717) is 25.9 Å². The lowest BCUT2D eigenvalue weighted by Gasteiger charge is -2.06. The number of hydrogen-bond acceptors (Lipinski definition) is 2. The Morgan fingerprint density at radius 2 is 2.54 bits per heavy atom. The molecule has 13 heavy (non-hydrogen) atoms. The molecule has 0 aliphatic carbocycles. The Morgan fingerprint density at radius 3 is 3.08 bits per heavy atom. The van der Waals surface area contributed by atoms with Crippen molar-refractivity contribution in [2.45, 2.75) is 12.8 Å². The van der Waals surface area contributed by atoms with E-state index in [-0.39, 0.29) is 17.7 Å². The molecule has 0 radical (unpaired) electrons. The molecule has 0 aromatic carbocycles. The SMILES string of the molecule is C#CCCNC(=O)C1CNC(=O)C1. The van der Waals surface area contributed by atoms with Gasteiger partial charge in [0.2, 0.25) is 11.8 Å². The molecular weight excluding hydrogens is 168 g/mol. The highest BCUT2D eigenvalue weighted by Gasteiger charge is 2.27. The van der Waals surface area contributed by atoms with Gasteiger partial charge in [0.1, 0.15) is 0 Å². The number of carbonyl (C=O) groups excluding carboxylic acids is 2. The summed E-state index contributed by atoms with van der Waals surface area (Å²) < 4.78 is 0. The zero-order valence-electron chi connectivity index (χ0n) is 7.30. The second-order valence-corrected chi connectivity index (χ2v) is 2.95. The van der Waals surface area contributed by atoms with E-state index in [1.807, 2.05) is 0 Å². The Kier molecular flexibility index (Phi) is 3.32. The molecule has 1 aliphatic heterocycles. The van der Waals surface area contributed by atoms with Gasteiger partial charge in [-0.05, 0) is 0 Å². The van der Waals surface area contributed by atoms with Crippen LogP contribution in [0.3, 0.4) is 0 Å². The van der Waals surface area contributed by atoms with E-state index in [1.165, 1.54) is 0 Å². The third kappa shape index (κ3) is 2.79. The van der Waals surface area contributed by atoms with E-state index in [9.17, 15) is 9.59 Å². The molecule has 0 bridgehead atoms. The van der Waals surface area contributed by atoms with Crippen molar-refractivity contribution in [2.24, 2.45) is 5.92 Å². The molecule has 0 aromatic rings. The summed E-state index contributed by atoms with van der Waals surface area (Å²) in [5.74, 6) is 2.06. The molecule has 0 saturated carbocycles. The van der Waals surface area contributed by atoms with E-state index in [2.05, 4.69) is 16.6 Å². The fourth-order valence-corrected chi connectivity index (χ4v) is 1.19. The molecule has 2 amide bonds. The number of carbonyl (C=O) groups is 2. The van der Waals surface area contributed by atoms with Gasteiger partial charge in [0, 0.05) is 25.9 Å². The van der Waals surface area contributed by atoms with Crippen molar-refractivity contribution < 1.29 is 9.59 Å². The number of terminal acetylenes is 1. The van der Waals surface area contributed by atoms with Gasteiger partial charge in [0.15, 0.2) is 0 Å². The van der Waals surface area contributed by atoms with E-state index >= 15 is 0 Å². The average Bonchev–Trinajstić information content (AvgIpc) is 2.52. The van der Waals surface area contributed by atoms with Crippen molar-refractivity contribution in [3.05, 3.63) is 0 Å². The van der Waals surface area contributed by atoms with E-state index in [1.54, 1.807) is 0 Å². The molecule has 1 unspecified atom stereocenters. The number of nitrogens with one attached hydrogen (secondary N) is 2. The predicted molar refractivity (Wildman–Crippen MR) is 47.6 cm³/mol. The van der Waals surface area contributed by atoms with E-state index in [0.717, 1.165) is 0 Å². The van der Waals surface area contributed by atoms with Gasteiger partial charge >= 0.3 is 0 Å². The first kappa shape index (κ1) is 9.59. The molecule has 2 N–H and O–H groups in total. The molecule has 4 nitrogen and oxygen atoms in total. The van der Waals surface area contributed by atoms with Gasteiger partial charge in [-0.2, -0.15) is 0 Å². The topological polar surface area (TPSA) is 58.2 Å². The summed E-state index contributed by atoms with van der Waals surface area (Å²) in [5.41, 5.74) is 0. The van der Waals surface area contributed by atoms with Crippen molar-refractivity contribution in [3.8, 4) is 12.3 Å². The van der Waals surface area contributed by atoms with Gasteiger partial charge in [-0.3, -0.25) is 9.59 Å². The fraction of sp³-hybridized carbons (Fsp3) is 0.556. The standard InChI is InChI=1S/C9H12N2O2/c1-2-3-4-10-9(13)7-5-8(12)11-6-7/h1,7H,3-6H2,(H,10,13)(H,11,12). The van der Waals surface area contributed by atoms with Crippen molar-refractivity contribution in [1.82, 2.24) is 10.6 Å². The van der Waals surface area contributed by atoms with Gasteiger partial charge in [-0.1, -0.05) is 0 Å². The van der Waals surface area contributed by atoms with Gasteiger partial charge < -0.3 is 10.6 Å². The highest BCUT2D eigenvalue weighted by Crippen LogP contribution is 2.08. The van der Waals surface area contributed by atoms with Crippen molar-refractivity contribution in [3.63, 3.8) is 0 Å². The third-order valence-corrected chi connectivity index (χ3v) is 1.92. The molecular formula is C9H12N2O2. The van der Waals surface area contributed by atoms with Crippen molar-refractivity contribution in [1.29, 1.82) is 0 Å². The van der Waals surface area contributed by atoms with Crippen LogP contribution in [0, 0.1) is 18.3 Å². The Bertz CT molecular complexity index is 255. The normalized spacial score (nSPS) is 20.5. The molecule has 1 saturated heterocycles. The highest BCUT2D eigenvalue weighted by molar-refractivity contribution is 5.89. The molecule has 1 rings (SSSR count). The summed E-state index contributed by atoms with van der Waals surface area (Å²) in [6.45, 7) is 0.931. The Hall–Kier alpha value is -1.50. The molecule has 0 spiro atoms. The number of rotatable bonds is 3. The maximum atomic E-state index is 11.3. The first-order valence-electron chi connectivity index (χ1n) is 4.22. The summed E-state index contributed by atoms with van der Waals surface area (Å²) in [5, 5.41) is 5.27. The third-order valence-electron chi connectivity index (χ3n) is 1.92. The molecule has 1 fully saturated rings. The fourth-order valence-electron chi connectivity index (χ4n) is 1.19. The van der Waals surface area contributed by atoms with Crippen LogP contribution in [-0.2, 0) is 9.59 Å². The van der Waals surface area contributed by atoms with Gasteiger partial charge in [-0.15, -0.1) is 12.3 Å². The maximum absolute atomic E-state index is 11.3. The minimum absolute atomic E-state index is 0.0582. The van der Waals surface area contributed by atoms with Crippen LogP contribution in [0.2, 0.25) is 0 Å². The van der Waals surface area contributed by atoms with E-state index < -0.39 is 0 Å². The van der Waals surface area contributed by atoms with Crippen molar-refractivity contribution >= 4 is 11.8 Å². The van der Waals surface area contributed by atoms with Gasteiger partial charge in [0.25, 0.3) is 0 Å². The van der Waals surface area contributed by atoms with Gasteiger partial charge in [0.05, 0.1) is 5.92 Å². The van der Waals surface area contributed by atoms with Crippen molar-refractivity contribution in [2.75, 3.05) is 13.1 Å². The average molecular weight is 180 g/mol. The molecule has 1 atom stereocenters. The first-order chi connectivity index (χ1) is 6.24. The zero-order valence-corrected chi connectivity index (χ0v) is 7.30. The highest BCUT2D eigenvalue weighted by atomic mass is 16.2. The van der Waals surface area contributed by atoms with Crippen LogP contribution in [0.4, 0.5) is 0 Å². The summed E-state index contributed by atoms with van der Waals surface area (Å²) in [4.78, 5) is 22.1. The van der Waals surface area contributed by atoms with Crippen LogP contribution in [-0.4, -0.2) is 24.9 Å². The lowest BCUT2D eigenvalue weighted by molar-refractivity contribution is -0.126. The number of hydrogen-bond donors (Lipinski definition) is 2. The minimum atomic E-state index is -0.217. The molecule has 70 valence electrons. The summed E-state index contributed by atoms with van der Waals surface area (Å²) in [6.07, 6.45) is 5.84. The van der Waals surface area contributed by atoms with Gasteiger partial charge in [-0.25, -0.2) is 0 Å². The second kappa shape index (κ2) is 4.51. The second-order valence-electron chi connectivity index (χ2n) is 2.95. The summed E-state index contributed by atoms with van der Waals surface area (Å²) >= 11 is 0. The Balaban J connectivity index is 2.24. The van der Waals surface area contributed by atoms with Crippen LogP contribution in [0.25, 0.3) is 0 Å². The van der Waals surface area contributed by atoms with Crippen LogP contribution in [0.5, 0.6) is 0 Å². The predicted octanol–water partition coefficient (Wildman–Crippen LogP) is -0.738. The molecule has 4 heteroatoms. The molecule has 0 aromatic heterocycles. The van der Waals surface area contributed by atoms with Crippen LogP contribution in [0.1, 0.15) is 12.8 Å². The minimum Gasteiger partial charge on any atom is -0.355 e. The largest absolute Gasteiger partial charge is 0.355 e. The lowest BCUT2D eigenvalue weighted by atomic mass is 10.1. The molecule has 1 aliphatic rings. The lowest BCUT2D eigenvalue weighted by Crippen LogP contribution is -2.32.